The van der Waals surface area contributed by atoms with Crippen LogP contribution in [-0.2, 0) is 4.79 Å². The summed E-state index contributed by atoms with van der Waals surface area (Å²) in [5.41, 5.74) is 1.84. The number of nitrogens with one attached hydrogen (secondary N) is 2. The van der Waals surface area contributed by atoms with Crippen LogP contribution in [0.3, 0.4) is 0 Å². The van der Waals surface area contributed by atoms with E-state index in [-0.39, 0.29) is 22.9 Å². The van der Waals surface area contributed by atoms with E-state index >= 15 is 0 Å². The topological polar surface area (TPSA) is 70.2 Å². The molecule has 0 aliphatic carbocycles. The fraction of sp³-hybridized carbons (Fsp3) is 0.400. The van der Waals surface area contributed by atoms with Gasteiger partial charge in [-0.1, -0.05) is 12.1 Å². The maximum atomic E-state index is 12.7. The number of carbonyl (C=O) groups excluding carboxylic acids is 1. The number of hydrogen-bond donors (Lipinski definition) is 2. The van der Waals surface area contributed by atoms with Crippen LogP contribution in [0, 0.1) is 5.92 Å². The number of thiophene rings is 1. The van der Waals surface area contributed by atoms with Crippen LogP contribution < -0.4 is 15.0 Å². The van der Waals surface area contributed by atoms with Gasteiger partial charge in [-0.2, -0.15) is 13.2 Å². The average molecular weight is 438 g/mol. The highest BCUT2D eigenvalue weighted by Crippen LogP contribution is 2.31. The summed E-state index contributed by atoms with van der Waals surface area (Å²) in [7, 11) is 0. The van der Waals surface area contributed by atoms with Crippen LogP contribution in [0.2, 0.25) is 0 Å². The SMILES string of the molecule is C[C@@H](NC(=O)[C@@H]1CCN(c2nc3ccccc3[nH]2)C1)c1ccc(OCC(F)(F)F)s1. The predicted molar refractivity (Wildman–Crippen MR) is 109 cm³/mol. The van der Waals surface area contributed by atoms with Crippen molar-refractivity contribution in [2.45, 2.75) is 25.6 Å². The summed E-state index contributed by atoms with van der Waals surface area (Å²) in [6.45, 7) is 1.76. The zero-order valence-corrected chi connectivity index (χ0v) is 17.0. The molecule has 10 heteroatoms. The molecule has 0 saturated carbocycles. The Hall–Kier alpha value is -2.75. The van der Waals surface area contributed by atoms with Gasteiger partial charge in [0, 0.05) is 18.0 Å². The molecule has 1 saturated heterocycles. The smallest absolute Gasteiger partial charge is 0.422 e. The lowest BCUT2D eigenvalue weighted by Crippen LogP contribution is -2.34. The molecule has 4 rings (SSSR count). The molecular weight excluding hydrogens is 417 g/mol. The van der Waals surface area contributed by atoms with Gasteiger partial charge in [0.25, 0.3) is 0 Å². The van der Waals surface area contributed by atoms with Crippen LogP contribution in [-0.4, -0.2) is 41.7 Å². The molecule has 3 aromatic rings. The van der Waals surface area contributed by atoms with E-state index in [0.717, 1.165) is 39.7 Å². The van der Waals surface area contributed by atoms with Crippen molar-refractivity contribution < 1.29 is 22.7 Å². The maximum Gasteiger partial charge on any atom is 0.422 e. The molecule has 1 amide bonds. The number of aromatic nitrogens is 2. The standard InChI is InChI=1S/C20H21F3N4O2S/c1-12(16-6-7-17(30-16)29-11-20(21,22)23)24-18(28)13-8-9-27(10-13)19-25-14-4-2-3-5-15(14)26-19/h2-7,12-13H,8-11H2,1H3,(H,24,28)(H,25,26)/t12-,13-/m1/s1. The molecule has 30 heavy (non-hydrogen) atoms. The van der Waals surface area contributed by atoms with E-state index in [2.05, 4.69) is 20.2 Å². The highest BCUT2D eigenvalue weighted by Gasteiger charge is 2.31. The number of imidazole rings is 1. The molecular formula is C20H21F3N4O2S. The van der Waals surface area contributed by atoms with Crippen molar-refractivity contribution in [2.75, 3.05) is 24.6 Å². The number of para-hydroxylation sites is 2. The minimum atomic E-state index is -4.38. The number of halogens is 3. The van der Waals surface area contributed by atoms with E-state index in [1.165, 1.54) is 6.07 Å². The Morgan fingerprint density at radius 1 is 1.37 bits per heavy atom. The van der Waals surface area contributed by atoms with E-state index in [9.17, 15) is 18.0 Å². The third-order valence-corrected chi connectivity index (χ3v) is 6.18. The molecule has 0 unspecified atom stereocenters. The van der Waals surface area contributed by atoms with Crippen molar-refractivity contribution in [1.29, 1.82) is 0 Å². The number of nitrogens with zero attached hydrogens (tertiary/aromatic N) is 2. The molecule has 3 heterocycles. The van der Waals surface area contributed by atoms with Crippen LogP contribution in [0.25, 0.3) is 11.0 Å². The van der Waals surface area contributed by atoms with Crippen LogP contribution in [0.4, 0.5) is 19.1 Å². The number of alkyl halides is 3. The van der Waals surface area contributed by atoms with Gasteiger partial charge in [0.15, 0.2) is 11.7 Å². The number of aromatic amines is 1. The van der Waals surface area contributed by atoms with Gasteiger partial charge >= 0.3 is 6.18 Å². The molecule has 160 valence electrons. The number of anilines is 1. The molecule has 2 aromatic heterocycles. The van der Waals surface area contributed by atoms with Gasteiger partial charge in [0.2, 0.25) is 11.9 Å². The second-order valence-corrected chi connectivity index (χ2v) is 8.38. The van der Waals surface area contributed by atoms with E-state index in [1.54, 1.807) is 6.07 Å². The number of fused-ring (bicyclic) bond motifs is 1. The molecule has 1 aliphatic rings. The number of amides is 1. The largest absolute Gasteiger partial charge is 0.475 e. The lowest BCUT2D eigenvalue weighted by Gasteiger charge is -2.17. The van der Waals surface area contributed by atoms with Crippen molar-refractivity contribution in [3.8, 4) is 5.06 Å². The fourth-order valence-corrected chi connectivity index (χ4v) is 4.31. The summed E-state index contributed by atoms with van der Waals surface area (Å²) in [5.74, 6) is 0.498. The maximum absolute atomic E-state index is 12.7. The first-order valence-electron chi connectivity index (χ1n) is 9.58. The Morgan fingerprint density at radius 2 is 2.17 bits per heavy atom. The average Bonchev–Trinajstić information content (AvgIpc) is 3.44. The zero-order chi connectivity index (χ0) is 21.3. The second-order valence-electron chi connectivity index (χ2n) is 7.30. The summed E-state index contributed by atoms with van der Waals surface area (Å²) >= 11 is 1.10. The van der Waals surface area contributed by atoms with Gasteiger partial charge in [-0.3, -0.25) is 4.79 Å². The van der Waals surface area contributed by atoms with Crippen molar-refractivity contribution in [1.82, 2.24) is 15.3 Å². The Morgan fingerprint density at radius 3 is 2.93 bits per heavy atom. The summed E-state index contributed by atoms with van der Waals surface area (Å²) in [6, 6.07) is 10.6. The Kier molecular flexibility index (Phi) is 5.59. The minimum Gasteiger partial charge on any atom is -0.475 e. The first-order valence-corrected chi connectivity index (χ1v) is 10.4. The Balaban J connectivity index is 1.32. The Labute approximate surface area is 175 Å². The fourth-order valence-electron chi connectivity index (χ4n) is 3.46. The summed E-state index contributed by atoms with van der Waals surface area (Å²) in [5, 5.41) is 3.14. The number of carbonyl (C=O) groups is 1. The first-order chi connectivity index (χ1) is 14.3. The van der Waals surface area contributed by atoms with Crippen LogP contribution >= 0.6 is 11.3 Å². The molecule has 0 radical (unpaired) electrons. The lowest BCUT2D eigenvalue weighted by atomic mass is 10.1. The number of H-pyrrole nitrogens is 1. The number of rotatable bonds is 6. The molecule has 2 atom stereocenters. The third-order valence-electron chi connectivity index (χ3n) is 5.00. The first kappa shape index (κ1) is 20.5. The summed E-state index contributed by atoms with van der Waals surface area (Å²) < 4.78 is 41.6. The highest BCUT2D eigenvalue weighted by molar-refractivity contribution is 7.13. The highest BCUT2D eigenvalue weighted by atomic mass is 32.1. The minimum absolute atomic E-state index is 0.0766. The van der Waals surface area contributed by atoms with Crippen LogP contribution in [0.15, 0.2) is 36.4 Å². The van der Waals surface area contributed by atoms with Gasteiger partial charge in [0.1, 0.15) is 0 Å². The van der Waals surface area contributed by atoms with E-state index in [4.69, 9.17) is 4.74 Å². The molecule has 6 nitrogen and oxygen atoms in total. The van der Waals surface area contributed by atoms with Crippen LogP contribution in [0.1, 0.15) is 24.3 Å². The number of ether oxygens (including phenoxy) is 1. The van der Waals surface area contributed by atoms with Gasteiger partial charge in [-0.25, -0.2) is 4.98 Å². The monoisotopic (exact) mass is 438 g/mol. The Bertz CT molecular complexity index is 999. The number of hydrogen-bond acceptors (Lipinski definition) is 5. The quantitative estimate of drug-likeness (QED) is 0.603. The molecule has 0 spiro atoms. The van der Waals surface area contributed by atoms with Crippen LogP contribution in [0.5, 0.6) is 5.06 Å². The molecule has 1 aliphatic heterocycles. The van der Waals surface area contributed by atoms with Gasteiger partial charge < -0.3 is 19.9 Å². The van der Waals surface area contributed by atoms with Gasteiger partial charge in [-0.05, 0) is 37.6 Å². The number of benzene rings is 1. The van der Waals surface area contributed by atoms with Gasteiger partial charge in [0.05, 0.1) is 23.0 Å². The van der Waals surface area contributed by atoms with E-state index in [1.807, 2.05) is 31.2 Å². The van der Waals surface area contributed by atoms with E-state index < -0.39 is 12.8 Å². The molecule has 2 N–H and O–H groups in total. The predicted octanol–water partition coefficient (Wildman–Crippen LogP) is 4.27. The molecule has 0 bridgehead atoms. The molecule has 1 fully saturated rings. The zero-order valence-electron chi connectivity index (χ0n) is 16.2. The third kappa shape index (κ3) is 4.69. The van der Waals surface area contributed by atoms with Gasteiger partial charge in [-0.15, -0.1) is 11.3 Å². The second kappa shape index (κ2) is 8.17. The van der Waals surface area contributed by atoms with E-state index in [0.29, 0.717) is 13.0 Å². The summed E-state index contributed by atoms with van der Waals surface area (Å²) in [6.07, 6.45) is -3.67. The van der Waals surface area contributed by atoms with Crippen molar-refractivity contribution in [2.24, 2.45) is 5.92 Å². The van der Waals surface area contributed by atoms with Crippen molar-refractivity contribution in [3.05, 3.63) is 41.3 Å². The summed E-state index contributed by atoms with van der Waals surface area (Å²) in [4.78, 5) is 23.4. The normalized spacial score (nSPS) is 18.0. The molecule has 1 aromatic carbocycles. The van der Waals surface area contributed by atoms with Crippen molar-refractivity contribution in [3.63, 3.8) is 0 Å². The lowest BCUT2D eigenvalue weighted by molar-refractivity contribution is -0.152. The van der Waals surface area contributed by atoms with Crippen molar-refractivity contribution >= 4 is 34.2 Å².